The molecule has 1 heterocycles. The lowest BCUT2D eigenvalue weighted by Gasteiger charge is -2.12. The average molecular weight is 503 g/mol. The lowest BCUT2D eigenvalue weighted by Crippen LogP contribution is -2.40. The van der Waals surface area contributed by atoms with Crippen molar-refractivity contribution < 1.29 is 14.1 Å². The van der Waals surface area contributed by atoms with E-state index in [9.17, 15) is 10.1 Å². The number of hydrogen-bond acceptors (Lipinski definition) is 6. The van der Waals surface area contributed by atoms with E-state index in [2.05, 4.69) is 20.9 Å². The number of non-ortho nitro benzene ring substituents is 1. The molecule has 9 nitrogen and oxygen atoms in total. The van der Waals surface area contributed by atoms with Crippen LogP contribution in [0.25, 0.3) is 0 Å². The Labute approximate surface area is 181 Å². The highest BCUT2D eigenvalue weighted by molar-refractivity contribution is 14.0. The summed E-state index contributed by atoms with van der Waals surface area (Å²) in [5, 5.41) is 20.2. The number of nitrogens with zero attached hydrogens (tertiary/aromatic N) is 2. The van der Waals surface area contributed by atoms with Gasteiger partial charge in [0.1, 0.15) is 12.4 Å². The smallest absolute Gasteiger partial charge is 0.269 e. The van der Waals surface area contributed by atoms with E-state index in [1.165, 1.54) is 12.1 Å². The molecule has 0 radical (unpaired) electrons. The molecule has 0 bridgehead atoms. The second-order valence-electron chi connectivity index (χ2n) is 5.64. The molecule has 3 N–H and O–H groups in total. The summed E-state index contributed by atoms with van der Waals surface area (Å²) < 4.78 is 10.7. The van der Waals surface area contributed by atoms with E-state index in [0.29, 0.717) is 32.3 Å². The normalized spacial score (nSPS) is 10.8. The van der Waals surface area contributed by atoms with Crippen LogP contribution in [0.5, 0.6) is 0 Å². The van der Waals surface area contributed by atoms with E-state index in [0.717, 1.165) is 24.4 Å². The van der Waals surface area contributed by atoms with E-state index >= 15 is 0 Å². The Balaban J connectivity index is 0.00000392. The number of anilines is 1. The molecule has 0 unspecified atom stereocenters. The van der Waals surface area contributed by atoms with Crippen molar-refractivity contribution in [2.45, 2.75) is 13.0 Å². The largest absolute Gasteiger partial charge is 0.467 e. The number of hydrogen-bond donors (Lipinski definition) is 3. The number of aliphatic imine (C=N–C) groups is 1. The standard InChI is InChI=1S/C18H25N5O4.HI/c1-19-18(21-9-3-12-26-14-17-4-2-13-27-17)22-11-10-20-15-5-7-16(8-6-15)23(24)25;/h2,4-8,13,20H,3,9-12,14H2,1H3,(H2,19,21,22);1H. The molecule has 0 aliphatic rings. The minimum absolute atomic E-state index is 0. The number of benzene rings is 1. The van der Waals surface area contributed by atoms with Crippen molar-refractivity contribution >= 4 is 41.3 Å². The number of nitro groups is 1. The fraction of sp³-hybridized carbons (Fsp3) is 0.389. The molecule has 2 rings (SSSR count). The van der Waals surface area contributed by atoms with Gasteiger partial charge in [-0.1, -0.05) is 0 Å². The predicted octanol–water partition coefficient (Wildman–Crippen LogP) is 2.99. The van der Waals surface area contributed by atoms with Gasteiger partial charge < -0.3 is 25.1 Å². The number of halogens is 1. The lowest BCUT2D eigenvalue weighted by atomic mass is 10.3. The van der Waals surface area contributed by atoms with Crippen molar-refractivity contribution in [3.05, 3.63) is 58.5 Å². The van der Waals surface area contributed by atoms with Gasteiger partial charge in [-0.05, 0) is 30.7 Å². The van der Waals surface area contributed by atoms with Crippen LogP contribution in [-0.2, 0) is 11.3 Å². The zero-order chi connectivity index (χ0) is 19.3. The van der Waals surface area contributed by atoms with Gasteiger partial charge >= 0.3 is 0 Å². The zero-order valence-corrected chi connectivity index (χ0v) is 18.1. The number of guanidine groups is 1. The summed E-state index contributed by atoms with van der Waals surface area (Å²) in [6, 6.07) is 10.1. The third-order valence-electron chi connectivity index (χ3n) is 3.63. The molecule has 154 valence electrons. The van der Waals surface area contributed by atoms with Crippen molar-refractivity contribution in [1.29, 1.82) is 0 Å². The van der Waals surface area contributed by atoms with Crippen LogP contribution in [0.15, 0.2) is 52.1 Å². The fourth-order valence-electron chi connectivity index (χ4n) is 2.26. The Morgan fingerprint density at radius 1 is 1.18 bits per heavy atom. The van der Waals surface area contributed by atoms with Crippen LogP contribution < -0.4 is 16.0 Å². The molecule has 0 spiro atoms. The number of nitro benzene ring substituents is 1. The summed E-state index contributed by atoms with van der Waals surface area (Å²) in [5.74, 6) is 1.53. The minimum atomic E-state index is -0.414. The van der Waals surface area contributed by atoms with Gasteiger partial charge in [-0.25, -0.2) is 0 Å². The van der Waals surface area contributed by atoms with Gasteiger partial charge in [0.15, 0.2) is 5.96 Å². The van der Waals surface area contributed by atoms with Crippen molar-refractivity contribution in [2.75, 3.05) is 38.6 Å². The monoisotopic (exact) mass is 503 g/mol. The summed E-state index contributed by atoms with van der Waals surface area (Å²) in [6.07, 6.45) is 2.48. The molecule has 10 heteroatoms. The van der Waals surface area contributed by atoms with Crippen LogP contribution in [0, 0.1) is 10.1 Å². The fourth-order valence-corrected chi connectivity index (χ4v) is 2.26. The second kappa shape index (κ2) is 13.8. The maximum absolute atomic E-state index is 10.6. The highest BCUT2D eigenvalue weighted by atomic mass is 127. The Hall–Kier alpha value is -2.34. The van der Waals surface area contributed by atoms with Crippen LogP contribution in [0.3, 0.4) is 0 Å². The first kappa shape index (κ1) is 23.7. The third-order valence-corrected chi connectivity index (χ3v) is 3.63. The number of ether oxygens (including phenoxy) is 1. The highest BCUT2D eigenvalue weighted by Crippen LogP contribution is 2.14. The maximum Gasteiger partial charge on any atom is 0.269 e. The summed E-state index contributed by atoms with van der Waals surface area (Å²) in [5.41, 5.74) is 0.912. The SMILES string of the molecule is CN=C(NCCCOCc1ccco1)NCCNc1ccc([N+](=O)[O-])cc1.I. The van der Waals surface area contributed by atoms with E-state index in [1.807, 2.05) is 12.1 Å². The lowest BCUT2D eigenvalue weighted by molar-refractivity contribution is -0.384. The summed E-state index contributed by atoms with van der Waals surface area (Å²) >= 11 is 0. The van der Waals surface area contributed by atoms with Crippen LogP contribution in [0.2, 0.25) is 0 Å². The van der Waals surface area contributed by atoms with Crippen LogP contribution >= 0.6 is 24.0 Å². The maximum atomic E-state index is 10.6. The van der Waals surface area contributed by atoms with Gasteiger partial charge in [0.25, 0.3) is 5.69 Å². The Morgan fingerprint density at radius 2 is 1.93 bits per heavy atom. The van der Waals surface area contributed by atoms with Gasteiger partial charge in [-0.15, -0.1) is 24.0 Å². The summed E-state index contributed by atoms with van der Waals surface area (Å²) in [6.45, 7) is 3.17. The number of rotatable bonds is 11. The van der Waals surface area contributed by atoms with Gasteiger partial charge in [0.05, 0.1) is 11.2 Å². The molecule has 0 aliphatic carbocycles. The minimum Gasteiger partial charge on any atom is -0.467 e. The summed E-state index contributed by atoms with van der Waals surface area (Å²) in [7, 11) is 1.71. The van der Waals surface area contributed by atoms with Crippen molar-refractivity contribution in [2.24, 2.45) is 4.99 Å². The molecule has 0 fully saturated rings. The van der Waals surface area contributed by atoms with Crippen LogP contribution in [-0.4, -0.2) is 44.2 Å². The molecule has 0 saturated carbocycles. The number of furan rings is 1. The molecule has 1 aromatic carbocycles. The topological polar surface area (TPSA) is 114 Å². The van der Waals surface area contributed by atoms with E-state index in [4.69, 9.17) is 9.15 Å². The van der Waals surface area contributed by atoms with E-state index in [1.54, 1.807) is 25.4 Å². The molecule has 0 aliphatic heterocycles. The molecular weight excluding hydrogens is 477 g/mol. The molecule has 2 aromatic rings. The zero-order valence-electron chi connectivity index (χ0n) is 15.7. The first-order chi connectivity index (χ1) is 13.2. The predicted molar refractivity (Wildman–Crippen MR) is 119 cm³/mol. The first-order valence-corrected chi connectivity index (χ1v) is 8.72. The third kappa shape index (κ3) is 9.04. The van der Waals surface area contributed by atoms with Crippen molar-refractivity contribution in [3.8, 4) is 0 Å². The highest BCUT2D eigenvalue weighted by Gasteiger charge is 2.03. The van der Waals surface area contributed by atoms with E-state index in [-0.39, 0.29) is 29.7 Å². The van der Waals surface area contributed by atoms with Gasteiger partial charge in [0.2, 0.25) is 0 Å². The number of nitrogens with one attached hydrogen (secondary N) is 3. The van der Waals surface area contributed by atoms with Gasteiger partial charge in [-0.2, -0.15) is 0 Å². The summed E-state index contributed by atoms with van der Waals surface area (Å²) in [4.78, 5) is 14.4. The van der Waals surface area contributed by atoms with Crippen LogP contribution in [0.1, 0.15) is 12.2 Å². The molecule has 0 atom stereocenters. The average Bonchev–Trinajstić information content (AvgIpc) is 3.20. The first-order valence-electron chi connectivity index (χ1n) is 8.72. The Kier molecular flexibility index (Phi) is 11.7. The Bertz CT molecular complexity index is 707. The van der Waals surface area contributed by atoms with Crippen molar-refractivity contribution in [1.82, 2.24) is 10.6 Å². The van der Waals surface area contributed by atoms with Gasteiger partial charge in [-0.3, -0.25) is 15.1 Å². The molecule has 1 aromatic heterocycles. The van der Waals surface area contributed by atoms with Crippen molar-refractivity contribution in [3.63, 3.8) is 0 Å². The Morgan fingerprint density at radius 3 is 2.57 bits per heavy atom. The molecule has 0 saturated heterocycles. The molecular formula is C18H26IN5O4. The van der Waals surface area contributed by atoms with Crippen LogP contribution in [0.4, 0.5) is 11.4 Å². The quantitative estimate of drug-likeness (QED) is 0.108. The van der Waals surface area contributed by atoms with Gasteiger partial charge in [0, 0.05) is 51.1 Å². The second-order valence-corrected chi connectivity index (χ2v) is 5.64. The molecule has 28 heavy (non-hydrogen) atoms. The molecule has 0 amide bonds. The van der Waals surface area contributed by atoms with E-state index < -0.39 is 4.92 Å².